The summed E-state index contributed by atoms with van der Waals surface area (Å²) < 4.78 is 5.36. The SMILES string of the molecule is CC[C@@H](C(=O)NC1CCCC1)N(Cc1cccc(OC)c1)C(=O)Cc1cc(C)cc(C)c1. The minimum absolute atomic E-state index is 0.0359. The number of ether oxygens (including phenoxy) is 1. The third kappa shape index (κ3) is 6.35. The Morgan fingerprint density at radius 3 is 2.38 bits per heavy atom. The van der Waals surface area contributed by atoms with E-state index >= 15 is 0 Å². The number of benzene rings is 2. The van der Waals surface area contributed by atoms with Crippen molar-refractivity contribution in [3.05, 3.63) is 64.7 Å². The van der Waals surface area contributed by atoms with E-state index in [9.17, 15) is 9.59 Å². The molecule has 5 nitrogen and oxygen atoms in total. The number of aryl methyl sites for hydroxylation is 2. The summed E-state index contributed by atoms with van der Waals surface area (Å²) in [6, 6.07) is 13.6. The summed E-state index contributed by atoms with van der Waals surface area (Å²) in [5.41, 5.74) is 4.20. The van der Waals surface area contributed by atoms with E-state index in [0.29, 0.717) is 13.0 Å². The first-order valence-corrected chi connectivity index (χ1v) is 11.7. The molecule has 1 aliphatic carbocycles. The minimum atomic E-state index is -0.500. The number of nitrogens with zero attached hydrogens (tertiary/aromatic N) is 1. The van der Waals surface area contributed by atoms with Crippen molar-refractivity contribution in [3.8, 4) is 5.75 Å². The van der Waals surface area contributed by atoms with Crippen molar-refractivity contribution in [1.29, 1.82) is 0 Å². The Kier molecular flexibility index (Phi) is 8.32. The van der Waals surface area contributed by atoms with Crippen molar-refractivity contribution in [2.45, 2.75) is 77.9 Å². The summed E-state index contributed by atoms with van der Waals surface area (Å²) in [5.74, 6) is 0.662. The fourth-order valence-electron chi connectivity index (χ4n) is 4.70. The van der Waals surface area contributed by atoms with Crippen LogP contribution in [0.25, 0.3) is 0 Å². The van der Waals surface area contributed by atoms with Gasteiger partial charge >= 0.3 is 0 Å². The van der Waals surface area contributed by atoms with Gasteiger partial charge in [-0.05, 0) is 56.4 Å². The second kappa shape index (κ2) is 11.2. The van der Waals surface area contributed by atoms with E-state index in [1.54, 1.807) is 12.0 Å². The highest BCUT2D eigenvalue weighted by Gasteiger charge is 2.30. The molecule has 1 fully saturated rings. The van der Waals surface area contributed by atoms with Gasteiger partial charge in [0.2, 0.25) is 11.8 Å². The first-order valence-electron chi connectivity index (χ1n) is 11.7. The number of carbonyl (C=O) groups excluding carboxylic acids is 2. The maximum atomic E-state index is 13.6. The number of hydrogen-bond acceptors (Lipinski definition) is 3. The molecule has 2 aromatic carbocycles. The van der Waals surface area contributed by atoms with Gasteiger partial charge in [-0.15, -0.1) is 0 Å². The van der Waals surface area contributed by atoms with Crippen LogP contribution in [0.2, 0.25) is 0 Å². The molecular formula is C27H36N2O3. The predicted molar refractivity (Wildman–Crippen MR) is 128 cm³/mol. The average Bonchev–Trinajstić information content (AvgIpc) is 3.26. The van der Waals surface area contributed by atoms with Crippen LogP contribution in [-0.2, 0) is 22.6 Å². The maximum absolute atomic E-state index is 13.6. The zero-order valence-electron chi connectivity index (χ0n) is 19.8. The van der Waals surface area contributed by atoms with E-state index in [1.165, 1.54) is 0 Å². The molecule has 172 valence electrons. The van der Waals surface area contributed by atoms with E-state index in [-0.39, 0.29) is 24.3 Å². The Hall–Kier alpha value is -2.82. The molecule has 0 saturated heterocycles. The smallest absolute Gasteiger partial charge is 0.243 e. The number of carbonyl (C=O) groups is 2. The summed E-state index contributed by atoms with van der Waals surface area (Å²) in [4.78, 5) is 28.5. The van der Waals surface area contributed by atoms with Crippen LogP contribution in [0.1, 0.15) is 61.3 Å². The van der Waals surface area contributed by atoms with Gasteiger partial charge in [-0.3, -0.25) is 9.59 Å². The van der Waals surface area contributed by atoms with Crippen LogP contribution in [0.3, 0.4) is 0 Å². The van der Waals surface area contributed by atoms with Crippen LogP contribution < -0.4 is 10.1 Å². The topological polar surface area (TPSA) is 58.6 Å². The molecule has 2 aromatic rings. The first-order chi connectivity index (χ1) is 15.4. The van der Waals surface area contributed by atoms with Crippen LogP contribution in [0.15, 0.2) is 42.5 Å². The van der Waals surface area contributed by atoms with Gasteiger partial charge < -0.3 is 15.0 Å². The monoisotopic (exact) mass is 436 g/mol. The predicted octanol–water partition coefficient (Wildman–Crippen LogP) is 4.72. The molecule has 0 radical (unpaired) electrons. The molecule has 0 heterocycles. The maximum Gasteiger partial charge on any atom is 0.243 e. The molecule has 3 rings (SSSR count). The molecule has 0 aliphatic heterocycles. The van der Waals surface area contributed by atoms with E-state index in [4.69, 9.17) is 4.74 Å². The van der Waals surface area contributed by atoms with Gasteiger partial charge in [0.1, 0.15) is 11.8 Å². The van der Waals surface area contributed by atoms with E-state index < -0.39 is 6.04 Å². The molecule has 1 saturated carbocycles. The van der Waals surface area contributed by atoms with Gasteiger partial charge in [0, 0.05) is 12.6 Å². The van der Waals surface area contributed by atoms with Crippen LogP contribution in [-0.4, -0.2) is 35.9 Å². The third-order valence-electron chi connectivity index (χ3n) is 6.21. The Balaban J connectivity index is 1.85. The number of hydrogen-bond donors (Lipinski definition) is 1. The quantitative estimate of drug-likeness (QED) is 0.619. The fraction of sp³-hybridized carbons (Fsp3) is 0.481. The Bertz CT molecular complexity index is 914. The van der Waals surface area contributed by atoms with Crippen molar-refractivity contribution >= 4 is 11.8 Å². The lowest BCUT2D eigenvalue weighted by Crippen LogP contribution is -2.51. The Morgan fingerprint density at radius 1 is 1.06 bits per heavy atom. The summed E-state index contributed by atoms with van der Waals surface area (Å²) >= 11 is 0. The van der Waals surface area contributed by atoms with Crippen LogP contribution in [0.5, 0.6) is 5.75 Å². The van der Waals surface area contributed by atoms with Gasteiger partial charge in [0.05, 0.1) is 13.5 Å². The van der Waals surface area contributed by atoms with Crippen LogP contribution in [0, 0.1) is 13.8 Å². The molecule has 0 spiro atoms. The number of amides is 2. The fourth-order valence-corrected chi connectivity index (χ4v) is 4.70. The van der Waals surface area contributed by atoms with Crippen LogP contribution >= 0.6 is 0 Å². The minimum Gasteiger partial charge on any atom is -0.497 e. The molecule has 2 amide bonds. The second-order valence-electron chi connectivity index (χ2n) is 8.96. The third-order valence-corrected chi connectivity index (χ3v) is 6.21. The lowest BCUT2D eigenvalue weighted by Gasteiger charge is -2.31. The average molecular weight is 437 g/mol. The summed E-state index contributed by atoms with van der Waals surface area (Å²) in [6.45, 7) is 6.43. The summed E-state index contributed by atoms with van der Waals surface area (Å²) in [6.07, 6.45) is 5.20. The molecule has 0 aromatic heterocycles. The van der Waals surface area contributed by atoms with Gasteiger partial charge in [0.25, 0.3) is 0 Å². The zero-order chi connectivity index (χ0) is 23.1. The summed E-state index contributed by atoms with van der Waals surface area (Å²) in [7, 11) is 1.63. The summed E-state index contributed by atoms with van der Waals surface area (Å²) in [5, 5.41) is 3.20. The standard InChI is InChI=1S/C27H36N2O3/c1-5-25(27(31)28-23-10-6-7-11-23)29(18-21-9-8-12-24(16-21)32-4)26(30)17-22-14-19(2)13-20(3)15-22/h8-9,12-16,23,25H,5-7,10-11,17-18H2,1-4H3,(H,28,31)/t25-/m0/s1. The van der Waals surface area contributed by atoms with Crippen molar-refractivity contribution in [2.75, 3.05) is 7.11 Å². The second-order valence-corrected chi connectivity index (χ2v) is 8.96. The normalized spacial score (nSPS) is 14.8. The van der Waals surface area contributed by atoms with Crippen LogP contribution in [0.4, 0.5) is 0 Å². The van der Waals surface area contributed by atoms with Gasteiger partial charge in [-0.2, -0.15) is 0 Å². The lowest BCUT2D eigenvalue weighted by molar-refractivity contribution is -0.141. The highest BCUT2D eigenvalue weighted by atomic mass is 16.5. The van der Waals surface area contributed by atoms with Gasteiger partial charge in [-0.25, -0.2) is 0 Å². The Labute approximate surface area is 192 Å². The molecule has 1 N–H and O–H groups in total. The van der Waals surface area contributed by atoms with Gasteiger partial charge in [-0.1, -0.05) is 61.2 Å². The highest BCUT2D eigenvalue weighted by Crippen LogP contribution is 2.21. The number of rotatable bonds is 9. The molecule has 1 aliphatic rings. The van der Waals surface area contributed by atoms with Crippen molar-refractivity contribution in [1.82, 2.24) is 10.2 Å². The molecule has 32 heavy (non-hydrogen) atoms. The number of nitrogens with one attached hydrogen (secondary N) is 1. The molecule has 0 bridgehead atoms. The molecule has 1 atom stereocenters. The highest BCUT2D eigenvalue weighted by molar-refractivity contribution is 5.88. The van der Waals surface area contributed by atoms with Crippen molar-refractivity contribution in [3.63, 3.8) is 0 Å². The van der Waals surface area contributed by atoms with E-state index in [2.05, 4.69) is 11.4 Å². The first kappa shape index (κ1) is 23.8. The van der Waals surface area contributed by atoms with Crippen molar-refractivity contribution < 1.29 is 14.3 Å². The lowest BCUT2D eigenvalue weighted by atomic mass is 10.0. The van der Waals surface area contributed by atoms with E-state index in [0.717, 1.165) is 53.7 Å². The largest absolute Gasteiger partial charge is 0.497 e. The zero-order valence-corrected chi connectivity index (χ0v) is 19.8. The number of methoxy groups -OCH3 is 1. The molecule has 0 unspecified atom stereocenters. The Morgan fingerprint density at radius 2 is 1.75 bits per heavy atom. The molecule has 5 heteroatoms. The van der Waals surface area contributed by atoms with Crippen molar-refractivity contribution in [2.24, 2.45) is 0 Å². The van der Waals surface area contributed by atoms with Gasteiger partial charge in [0.15, 0.2) is 0 Å². The molecular weight excluding hydrogens is 400 g/mol. The van der Waals surface area contributed by atoms with E-state index in [1.807, 2.05) is 57.2 Å².